The third kappa shape index (κ3) is 3.32. The summed E-state index contributed by atoms with van der Waals surface area (Å²) in [5.74, 6) is -0.0129. The van der Waals surface area contributed by atoms with Crippen molar-refractivity contribution in [2.45, 2.75) is 26.2 Å². The van der Waals surface area contributed by atoms with Gasteiger partial charge in [-0.3, -0.25) is 4.79 Å². The first-order chi connectivity index (χ1) is 6.34. The van der Waals surface area contributed by atoms with Gasteiger partial charge >= 0.3 is 0 Å². The fourth-order valence-electron chi connectivity index (χ4n) is 1.14. The van der Waals surface area contributed by atoms with Gasteiger partial charge < -0.3 is 10.3 Å². The largest absolute Gasteiger partial charge is 0.357 e. The van der Waals surface area contributed by atoms with E-state index in [0.717, 1.165) is 13.0 Å². The zero-order chi connectivity index (χ0) is 9.52. The van der Waals surface area contributed by atoms with Gasteiger partial charge in [-0.2, -0.15) is 0 Å². The predicted octanol–water partition coefficient (Wildman–Crippen LogP) is 1.93. The Kier molecular flexibility index (Phi) is 4.09. The summed E-state index contributed by atoms with van der Waals surface area (Å²) in [6.07, 6.45) is 5.16. The highest BCUT2D eigenvalue weighted by molar-refractivity contribution is 5.92. The molecule has 1 amide bonds. The SMILES string of the molecule is CCCCCNC(=O)c1ccc[nH]1. The Morgan fingerprint density at radius 2 is 2.38 bits per heavy atom. The van der Waals surface area contributed by atoms with Crippen LogP contribution in [0, 0.1) is 0 Å². The summed E-state index contributed by atoms with van der Waals surface area (Å²) < 4.78 is 0. The maximum atomic E-state index is 11.3. The van der Waals surface area contributed by atoms with Gasteiger partial charge in [-0.05, 0) is 18.6 Å². The predicted molar refractivity (Wildman–Crippen MR) is 52.7 cm³/mol. The van der Waals surface area contributed by atoms with Crippen LogP contribution >= 0.6 is 0 Å². The normalized spacial score (nSPS) is 9.92. The van der Waals surface area contributed by atoms with E-state index >= 15 is 0 Å². The van der Waals surface area contributed by atoms with Gasteiger partial charge in [0.25, 0.3) is 5.91 Å². The monoisotopic (exact) mass is 180 g/mol. The van der Waals surface area contributed by atoms with Crippen LogP contribution < -0.4 is 5.32 Å². The minimum atomic E-state index is -0.0129. The smallest absolute Gasteiger partial charge is 0.267 e. The third-order valence-corrected chi connectivity index (χ3v) is 1.91. The lowest BCUT2D eigenvalue weighted by molar-refractivity contribution is 0.0948. The Hall–Kier alpha value is -1.25. The maximum Gasteiger partial charge on any atom is 0.267 e. The molecule has 0 saturated heterocycles. The molecule has 1 aromatic rings. The zero-order valence-corrected chi connectivity index (χ0v) is 7.97. The Balaban J connectivity index is 2.19. The lowest BCUT2D eigenvalue weighted by atomic mass is 10.2. The standard InChI is InChI=1S/C10H16N2O/c1-2-3-4-7-12-10(13)9-6-5-8-11-9/h5-6,8,11H,2-4,7H2,1H3,(H,12,13). The number of hydrogen-bond donors (Lipinski definition) is 2. The number of rotatable bonds is 5. The van der Waals surface area contributed by atoms with Crippen molar-refractivity contribution in [3.8, 4) is 0 Å². The molecule has 13 heavy (non-hydrogen) atoms. The molecule has 1 aromatic heterocycles. The van der Waals surface area contributed by atoms with Crippen molar-refractivity contribution in [3.63, 3.8) is 0 Å². The molecule has 3 nitrogen and oxygen atoms in total. The Morgan fingerprint density at radius 1 is 1.54 bits per heavy atom. The van der Waals surface area contributed by atoms with E-state index < -0.39 is 0 Å². The van der Waals surface area contributed by atoms with Crippen molar-refractivity contribution < 1.29 is 4.79 Å². The third-order valence-electron chi connectivity index (χ3n) is 1.91. The number of amides is 1. The van der Waals surface area contributed by atoms with E-state index in [4.69, 9.17) is 0 Å². The molecule has 0 aliphatic heterocycles. The Morgan fingerprint density at radius 3 is 3.00 bits per heavy atom. The molecule has 0 unspecified atom stereocenters. The van der Waals surface area contributed by atoms with Gasteiger partial charge in [0, 0.05) is 12.7 Å². The number of aromatic amines is 1. The first kappa shape index (κ1) is 9.84. The molecule has 0 spiro atoms. The number of hydrogen-bond acceptors (Lipinski definition) is 1. The van der Waals surface area contributed by atoms with Crippen molar-refractivity contribution in [3.05, 3.63) is 24.0 Å². The summed E-state index contributed by atoms with van der Waals surface area (Å²) in [5, 5.41) is 2.85. The molecule has 1 rings (SSSR count). The summed E-state index contributed by atoms with van der Waals surface area (Å²) in [5.41, 5.74) is 0.636. The fourth-order valence-corrected chi connectivity index (χ4v) is 1.14. The molecular formula is C10H16N2O. The van der Waals surface area contributed by atoms with E-state index in [-0.39, 0.29) is 5.91 Å². The van der Waals surface area contributed by atoms with E-state index in [0.29, 0.717) is 5.69 Å². The summed E-state index contributed by atoms with van der Waals surface area (Å²) in [7, 11) is 0. The number of carbonyl (C=O) groups excluding carboxylic acids is 1. The highest BCUT2D eigenvalue weighted by atomic mass is 16.1. The summed E-state index contributed by atoms with van der Waals surface area (Å²) >= 11 is 0. The van der Waals surface area contributed by atoms with E-state index in [1.807, 2.05) is 6.07 Å². The van der Waals surface area contributed by atoms with Crippen LogP contribution in [-0.2, 0) is 0 Å². The molecule has 0 atom stereocenters. The minimum Gasteiger partial charge on any atom is -0.357 e. The number of nitrogens with one attached hydrogen (secondary N) is 2. The first-order valence-corrected chi connectivity index (χ1v) is 4.76. The lowest BCUT2D eigenvalue weighted by Gasteiger charge is -2.01. The highest BCUT2D eigenvalue weighted by Gasteiger charge is 2.03. The van der Waals surface area contributed by atoms with E-state index in [1.165, 1.54) is 12.8 Å². The fraction of sp³-hybridized carbons (Fsp3) is 0.500. The molecule has 0 aliphatic rings. The topological polar surface area (TPSA) is 44.9 Å². The number of H-pyrrole nitrogens is 1. The van der Waals surface area contributed by atoms with Crippen LogP contribution in [0.1, 0.15) is 36.7 Å². The average Bonchev–Trinajstić information content (AvgIpc) is 2.65. The van der Waals surface area contributed by atoms with Crippen LogP contribution in [0.5, 0.6) is 0 Å². The van der Waals surface area contributed by atoms with Gasteiger partial charge in [0.1, 0.15) is 5.69 Å². The van der Waals surface area contributed by atoms with Crippen molar-refractivity contribution in [2.24, 2.45) is 0 Å². The molecule has 0 bridgehead atoms. The molecule has 1 heterocycles. The van der Waals surface area contributed by atoms with Gasteiger partial charge in [-0.25, -0.2) is 0 Å². The van der Waals surface area contributed by atoms with Gasteiger partial charge in [-0.15, -0.1) is 0 Å². The van der Waals surface area contributed by atoms with Crippen molar-refractivity contribution in [1.82, 2.24) is 10.3 Å². The van der Waals surface area contributed by atoms with Crippen molar-refractivity contribution in [1.29, 1.82) is 0 Å². The summed E-state index contributed by atoms with van der Waals surface area (Å²) in [6.45, 7) is 2.92. The second-order valence-corrected chi connectivity index (χ2v) is 3.05. The Labute approximate surface area is 78.5 Å². The second kappa shape index (κ2) is 5.41. The number of carbonyl (C=O) groups is 1. The van der Waals surface area contributed by atoms with Crippen LogP contribution in [0.2, 0.25) is 0 Å². The number of unbranched alkanes of at least 4 members (excludes halogenated alkanes) is 2. The molecular weight excluding hydrogens is 164 g/mol. The van der Waals surface area contributed by atoms with Gasteiger partial charge in [0.2, 0.25) is 0 Å². The molecule has 0 aromatic carbocycles. The lowest BCUT2D eigenvalue weighted by Crippen LogP contribution is -2.24. The minimum absolute atomic E-state index is 0.0129. The van der Waals surface area contributed by atoms with Crippen molar-refractivity contribution in [2.75, 3.05) is 6.54 Å². The summed E-state index contributed by atoms with van der Waals surface area (Å²) in [4.78, 5) is 14.2. The maximum absolute atomic E-state index is 11.3. The van der Waals surface area contributed by atoms with Gasteiger partial charge in [0.15, 0.2) is 0 Å². The second-order valence-electron chi connectivity index (χ2n) is 3.05. The number of aromatic nitrogens is 1. The van der Waals surface area contributed by atoms with Crippen LogP contribution in [0.15, 0.2) is 18.3 Å². The molecule has 72 valence electrons. The van der Waals surface area contributed by atoms with E-state index in [2.05, 4.69) is 17.2 Å². The highest BCUT2D eigenvalue weighted by Crippen LogP contribution is 1.95. The van der Waals surface area contributed by atoms with E-state index in [1.54, 1.807) is 12.3 Å². The molecule has 2 N–H and O–H groups in total. The van der Waals surface area contributed by atoms with Crippen LogP contribution in [0.3, 0.4) is 0 Å². The molecule has 0 aliphatic carbocycles. The van der Waals surface area contributed by atoms with E-state index in [9.17, 15) is 4.79 Å². The molecule has 3 heteroatoms. The average molecular weight is 180 g/mol. The molecule has 0 saturated carbocycles. The van der Waals surface area contributed by atoms with Crippen LogP contribution in [0.25, 0.3) is 0 Å². The Bertz CT molecular complexity index is 241. The molecule has 0 fully saturated rings. The van der Waals surface area contributed by atoms with Crippen LogP contribution in [0.4, 0.5) is 0 Å². The zero-order valence-electron chi connectivity index (χ0n) is 7.97. The van der Waals surface area contributed by atoms with Crippen molar-refractivity contribution >= 4 is 5.91 Å². The van der Waals surface area contributed by atoms with Crippen LogP contribution in [-0.4, -0.2) is 17.4 Å². The quantitative estimate of drug-likeness (QED) is 0.668. The first-order valence-electron chi connectivity index (χ1n) is 4.76. The van der Waals surface area contributed by atoms with Gasteiger partial charge in [-0.1, -0.05) is 19.8 Å². The molecule has 0 radical (unpaired) electrons. The summed E-state index contributed by atoms with van der Waals surface area (Å²) in [6, 6.07) is 3.59. The van der Waals surface area contributed by atoms with Gasteiger partial charge in [0.05, 0.1) is 0 Å².